The van der Waals surface area contributed by atoms with Crippen molar-refractivity contribution < 1.29 is 15.1 Å². The number of benzene rings is 1. The van der Waals surface area contributed by atoms with E-state index in [1.807, 2.05) is 19.1 Å². The quantitative estimate of drug-likeness (QED) is 0.342. The minimum atomic E-state index is -1.15. The number of hydrogen-bond acceptors (Lipinski definition) is 3. The predicted octanol–water partition coefficient (Wildman–Crippen LogP) is 2.05. The van der Waals surface area contributed by atoms with Crippen LogP contribution < -0.4 is 5.32 Å². The fraction of sp³-hybridized carbons (Fsp3) is 0.200. The second-order valence-electron chi connectivity index (χ2n) is 3.17. The van der Waals surface area contributed by atoms with E-state index in [0.29, 0.717) is 11.3 Å². The molecule has 0 heterocycles. The van der Waals surface area contributed by atoms with E-state index in [-0.39, 0.29) is 6.54 Å². The SMILES string of the molecule is Cc1cc(C(CNC(=O)O)=NO)ccc1I. The summed E-state index contributed by atoms with van der Waals surface area (Å²) in [4.78, 5) is 10.3. The zero-order valence-corrected chi connectivity index (χ0v) is 10.7. The number of rotatable bonds is 3. The van der Waals surface area contributed by atoms with E-state index in [1.165, 1.54) is 0 Å². The Bertz CT molecular complexity index is 432. The molecule has 0 saturated heterocycles. The second kappa shape index (κ2) is 5.69. The molecule has 1 aromatic carbocycles. The van der Waals surface area contributed by atoms with Gasteiger partial charge in [0.05, 0.1) is 6.54 Å². The van der Waals surface area contributed by atoms with E-state index in [0.717, 1.165) is 9.13 Å². The van der Waals surface area contributed by atoms with Crippen LogP contribution >= 0.6 is 22.6 Å². The lowest BCUT2D eigenvalue weighted by molar-refractivity contribution is 0.196. The van der Waals surface area contributed by atoms with E-state index >= 15 is 0 Å². The molecule has 0 radical (unpaired) electrons. The standard InChI is InChI=1S/C10H11IN2O3/c1-6-4-7(2-3-8(6)11)9(13-16)5-12-10(14)15/h2-4,12,16H,5H2,1H3,(H,14,15). The van der Waals surface area contributed by atoms with Gasteiger partial charge in [-0.3, -0.25) is 0 Å². The molecule has 0 aliphatic carbocycles. The molecular weight excluding hydrogens is 323 g/mol. The molecule has 1 aromatic rings. The van der Waals surface area contributed by atoms with Crippen molar-refractivity contribution in [1.82, 2.24) is 5.32 Å². The summed E-state index contributed by atoms with van der Waals surface area (Å²) < 4.78 is 1.10. The molecule has 0 unspecified atom stereocenters. The van der Waals surface area contributed by atoms with E-state index in [1.54, 1.807) is 6.07 Å². The molecule has 0 aliphatic rings. The van der Waals surface area contributed by atoms with Gasteiger partial charge in [-0.25, -0.2) is 4.79 Å². The third-order valence-corrected chi connectivity index (χ3v) is 3.23. The molecule has 1 rings (SSSR count). The molecule has 0 spiro atoms. The lowest BCUT2D eigenvalue weighted by Crippen LogP contribution is -2.28. The molecule has 86 valence electrons. The van der Waals surface area contributed by atoms with Crippen molar-refractivity contribution in [2.24, 2.45) is 5.16 Å². The van der Waals surface area contributed by atoms with Crippen molar-refractivity contribution in [2.75, 3.05) is 6.54 Å². The van der Waals surface area contributed by atoms with Crippen molar-refractivity contribution in [2.45, 2.75) is 6.92 Å². The van der Waals surface area contributed by atoms with Gasteiger partial charge >= 0.3 is 6.09 Å². The largest absolute Gasteiger partial charge is 0.465 e. The first-order valence-electron chi connectivity index (χ1n) is 4.49. The van der Waals surface area contributed by atoms with Gasteiger partial charge in [-0.15, -0.1) is 0 Å². The fourth-order valence-corrected chi connectivity index (χ4v) is 1.51. The van der Waals surface area contributed by atoms with E-state index in [4.69, 9.17) is 10.3 Å². The van der Waals surface area contributed by atoms with Gasteiger partial charge in [0.25, 0.3) is 0 Å². The fourth-order valence-electron chi connectivity index (χ4n) is 1.18. The molecule has 6 heteroatoms. The average Bonchev–Trinajstić information content (AvgIpc) is 2.23. The summed E-state index contributed by atoms with van der Waals surface area (Å²) in [7, 11) is 0. The van der Waals surface area contributed by atoms with Crippen LogP contribution in [-0.4, -0.2) is 28.7 Å². The Morgan fingerprint density at radius 3 is 2.75 bits per heavy atom. The van der Waals surface area contributed by atoms with Crippen LogP contribution in [0.15, 0.2) is 23.4 Å². The van der Waals surface area contributed by atoms with Gasteiger partial charge in [0, 0.05) is 9.13 Å². The monoisotopic (exact) mass is 334 g/mol. The number of carbonyl (C=O) groups is 1. The van der Waals surface area contributed by atoms with Crippen LogP contribution in [0.3, 0.4) is 0 Å². The Morgan fingerprint density at radius 1 is 1.56 bits per heavy atom. The molecule has 1 amide bonds. The third-order valence-electron chi connectivity index (χ3n) is 2.02. The smallest absolute Gasteiger partial charge is 0.404 e. The Labute approximate surface area is 106 Å². The van der Waals surface area contributed by atoms with Gasteiger partial charge in [0.2, 0.25) is 0 Å². The van der Waals surface area contributed by atoms with Crippen molar-refractivity contribution in [1.29, 1.82) is 0 Å². The summed E-state index contributed by atoms with van der Waals surface area (Å²) in [6.45, 7) is 1.91. The highest BCUT2D eigenvalue weighted by Gasteiger charge is 2.07. The molecule has 0 aromatic heterocycles. The van der Waals surface area contributed by atoms with E-state index in [9.17, 15) is 4.79 Å². The number of amides is 1. The molecule has 0 saturated carbocycles. The van der Waals surface area contributed by atoms with Gasteiger partial charge in [0.1, 0.15) is 5.71 Å². The van der Waals surface area contributed by atoms with Crippen LogP contribution in [0.1, 0.15) is 11.1 Å². The minimum Gasteiger partial charge on any atom is -0.465 e. The molecule has 3 N–H and O–H groups in total. The van der Waals surface area contributed by atoms with Crippen LogP contribution in [0.25, 0.3) is 0 Å². The average molecular weight is 334 g/mol. The highest BCUT2D eigenvalue weighted by Crippen LogP contribution is 2.13. The van der Waals surface area contributed by atoms with Crippen LogP contribution in [-0.2, 0) is 0 Å². The highest BCUT2D eigenvalue weighted by atomic mass is 127. The van der Waals surface area contributed by atoms with Gasteiger partial charge in [-0.1, -0.05) is 11.2 Å². The summed E-state index contributed by atoms with van der Waals surface area (Å²) in [5, 5.41) is 22.5. The molecular formula is C10H11IN2O3. The summed E-state index contributed by atoms with van der Waals surface area (Å²) >= 11 is 2.20. The highest BCUT2D eigenvalue weighted by molar-refractivity contribution is 14.1. The van der Waals surface area contributed by atoms with Gasteiger partial charge < -0.3 is 15.6 Å². The number of nitrogens with one attached hydrogen (secondary N) is 1. The first-order valence-corrected chi connectivity index (χ1v) is 5.56. The number of halogens is 1. The van der Waals surface area contributed by atoms with Crippen LogP contribution in [0.2, 0.25) is 0 Å². The molecule has 0 fully saturated rings. The zero-order chi connectivity index (χ0) is 12.1. The van der Waals surface area contributed by atoms with Gasteiger partial charge in [-0.05, 0) is 47.2 Å². The van der Waals surface area contributed by atoms with E-state index in [2.05, 4.69) is 33.1 Å². The van der Waals surface area contributed by atoms with E-state index < -0.39 is 6.09 Å². The number of nitrogens with zero attached hydrogens (tertiary/aromatic N) is 1. The molecule has 0 bridgehead atoms. The topological polar surface area (TPSA) is 81.9 Å². The Hall–Kier alpha value is -1.31. The molecule has 5 nitrogen and oxygen atoms in total. The lowest BCUT2D eigenvalue weighted by atomic mass is 10.1. The summed E-state index contributed by atoms with van der Waals surface area (Å²) in [5.74, 6) is 0. The van der Waals surface area contributed by atoms with Crippen molar-refractivity contribution in [3.05, 3.63) is 32.9 Å². The number of aryl methyl sites for hydroxylation is 1. The Kier molecular flexibility index (Phi) is 4.53. The minimum absolute atomic E-state index is 0.0220. The van der Waals surface area contributed by atoms with Crippen LogP contribution in [0, 0.1) is 10.5 Å². The predicted molar refractivity (Wildman–Crippen MR) is 68.2 cm³/mol. The van der Waals surface area contributed by atoms with Gasteiger partial charge in [-0.2, -0.15) is 0 Å². The van der Waals surface area contributed by atoms with Crippen molar-refractivity contribution >= 4 is 34.4 Å². The first-order chi connectivity index (χ1) is 7.54. The molecule has 0 aliphatic heterocycles. The number of carboxylic acid groups (broad SMARTS) is 1. The van der Waals surface area contributed by atoms with Crippen LogP contribution in [0.4, 0.5) is 4.79 Å². The maximum atomic E-state index is 10.3. The number of oxime groups is 1. The molecule has 16 heavy (non-hydrogen) atoms. The zero-order valence-electron chi connectivity index (χ0n) is 8.57. The summed E-state index contributed by atoms with van der Waals surface area (Å²) in [6, 6.07) is 5.52. The van der Waals surface area contributed by atoms with Crippen molar-refractivity contribution in [3.63, 3.8) is 0 Å². The summed E-state index contributed by atoms with van der Waals surface area (Å²) in [6.07, 6.45) is -1.15. The third kappa shape index (κ3) is 3.37. The maximum absolute atomic E-state index is 10.3. The molecule has 0 atom stereocenters. The number of hydrogen-bond donors (Lipinski definition) is 3. The maximum Gasteiger partial charge on any atom is 0.404 e. The Morgan fingerprint density at radius 2 is 2.25 bits per heavy atom. The lowest BCUT2D eigenvalue weighted by Gasteiger charge is -2.06. The normalized spacial score (nSPS) is 11.2. The van der Waals surface area contributed by atoms with Gasteiger partial charge in [0.15, 0.2) is 0 Å². The van der Waals surface area contributed by atoms with Crippen molar-refractivity contribution in [3.8, 4) is 0 Å². The first kappa shape index (κ1) is 12.8. The second-order valence-corrected chi connectivity index (χ2v) is 4.33. The van der Waals surface area contributed by atoms with Crippen LogP contribution in [0.5, 0.6) is 0 Å². The summed E-state index contributed by atoms with van der Waals surface area (Å²) in [5.41, 5.74) is 2.05. The Balaban J connectivity index is 2.88.